The van der Waals surface area contributed by atoms with Crippen LogP contribution in [0.1, 0.15) is 50.2 Å². The third-order valence-corrected chi connectivity index (χ3v) is 6.59. The minimum Gasteiger partial charge on any atom is -0.486 e. The summed E-state index contributed by atoms with van der Waals surface area (Å²) in [6, 6.07) is 15.7. The van der Waals surface area contributed by atoms with E-state index in [4.69, 9.17) is 9.47 Å². The van der Waals surface area contributed by atoms with Crippen LogP contribution in [0.5, 0.6) is 11.5 Å². The maximum atomic E-state index is 13.3. The highest BCUT2D eigenvalue weighted by atomic mass is 16.6. The highest BCUT2D eigenvalue weighted by Gasteiger charge is 2.28. The molecule has 0 spiro atoms. The van der Waals surface area contributed by atoms with Gasteiger partial charge in [0, 0.05) is 19.0 Å². The molecule has 2 aromatic rings. The smallest absolute Gasteiger partial charge is 0.242 e. The molecule has 1 atom stereocenters. The molecule has 6 nitrogen and oxygen atoms in total. The first-order valence-corrected chi connectivity index (χ1v) is 12.1. The summed E-state index contributed by atoms with van der Waals surface area (Å²) in [4.78, 5) is 28.0. The Morgan fingerprint density at radius 2 is 1.70 bits per heavy atom. The Bertz CT molecular complexity index is 940. The Labute approximate surface area is 196 Å². The minimum atomic E-state index is -0.498. The van der Waals surface area contributed by atoms with Gasteiger partial charge in [-0.15, -0.1) is 0 Å². The zero-order valence-corrected chi connectivity index (χ0v) is 19.4. The van der Waals surface area contributed by atoms with Gasteiger partial charge in [0.1, 0.15) is 19.3 Å². The Hall–Kier alpha value is -3.02. The van der Waals surface area contributed by atoms with Crippen molar-refractivity contribution in [3.05, 3.63) is 59.7 Å². The predicted octanol–water partition coefficient (Wildman–Crippen LogP) is 3.91. The number of ether oxygens (including phenoxy) is 2. The van der Waals surface area contributed by atoms with Crippen molar-refractivity contribution in [3.8, 4) is 11.5 Å². The zero-order valence-electron chi connectivity index (χ0n) is 19.4. The Kier molecular flexibility index (Phi) is 7.87. The molecular formula is C27H34N2O4. The highest BCUT2D eigenvalue weighted by Crippen LogP contribution is 2.31. The Morgan fingerprint density at radius 3 is 2.45 bits per heavy atom. The van der Waals surface area contributed by atoms with E-state index in [1.165, 1.54) is 0 Å². The second-order valence-corrected chi connectivity index (χ2v) is 8.97. The first-order valence-electron chi connectivity index (χ1n) is 12.1. The second kappa shape index (κ2) is 11.2. The first-order chi connectivity index (χ1) is 16.1. The largest absolute Gasteiger partial charge is 0.486 e. The Balaban J connectivity index is 1.40. The van der Waals surface area contributed by atoms with Gasteiger partial charge in [-0.3, -0.25) is 9.59 Å². The van der Waals surface area contributed by atoms with Gasteiger partial charge in [0.2, 0.25) is 11.8 Å². The van der Waals surface area contributed by atoms with Crippen molar-refractivity contribution in [2.24, 2.45) is 0 Å². The summed E-state index contributed by atoms with van der Waals surface area (Å²) in [7, 11) is 0. The van der Waals surface area contributed by atoms with Crippen molar-refractivity contribution in [1.82, 2.24) is 10.2 Å². The SMILES string of the molecule is CC(C(=O)NC1CCCC1)N(CCc1ccccc1)C(=O)CCc1ccc2c(c1)OCCO2. The summed E-state index contributed by atoms with van der Waals surface area (Å²) in [5.74, 6) is 1.42. The van der Waals surface area contributed by atoms with E-state index in [1.807, 2.05) is 43.3 Å². The van der Waals surface area contributed by atoms with E-state index in [-0.39, 0.29) is 17.9 Å². The van der Waals surface area contributed by atoms with Crippen molar-refractivity contribution in [2.45, 2.75) is 64.0 Å². The minimum absolute atomic E-state index is 0.00473. The van der Waals surface area contributed by atoms with Crippen molar-refractivity contribution in [1.29, 1.82) is 0 Å². The quantitative estimate of drug-likeness (QED) is 0.629. The van der Waals surface area contributed by atoms with Crippen LogP contribution >= 0.6 is 0 Å². The zero-order chi connectivity index (χ0) is 23.0. The molecule has 2 aliphatic rings. The van der Waals surface area contributed by atoms with Crippen LogP contribution in [0.2, 0.25) is 0 Å². The lowest BCUT2D eigenvalue weighted by Crippen LogP contribution is -2.50. The highest BCUT2D eigenvalue weighted by molar-refractivity contribution is 5.87. The monoisotopic (exact) mass is 450 g/mol. The van der Waals surface area contributed by atoms with Crippen LogP contribution in [-0.2, 0) is 22.4 Å². The van der Waals surface area contributed by atoms with Crippen LogP contribution in [0.15, 0.2) is 48.5 Å². The lowest BCUT2D eigenvalue weighted by molar-refractivity contribution is -0.140. The van der Waals surface area contributed by atoms with Gasteiger partial charge in [0.15, 0.2) is 11.5 Å². The standard InChI is InChI=1S/C27H34N2O4/c1-20(27(31)28-23-9-5-6-10-23)29(16-15-21-7-3-2-4-8-21)26(30)14-12-22-11-13-24-25(19-22)33-18-17-32-24/h2-4,7-8,11,13,19-20,23H,5-6,9-10,12,14-18H2,1H3,(H,28,31). The molecule has 0 saturated heterocycles. The van der Waals surface area contributed by atoms with E-state index >= 15 is 0 Å². The number of nitrogens with one attached hydrogen (secondary N) is 1. The lowest BCUT2D eigenvalue weighted by Gasteiger charge is -2.30. The van der Waals surface area contributed by atoms with Crippen molar-refractivity contribution in [3.63, 3.8) is 0 Å². The van der Waals surface area contributed by atoms with Crippen LogP contribution in [0.4, 0.5) is 0 Å². The normalized spacial score (nSPS) is 16.3. The molecule has 6 heteroatoms. The van der Waals surface area contributed by atoms with E-state index in [0.717, 1.165) is 54.7 Å². The maximum Gasteiger partial charge on any atom is 0.242 e. The number of carbonyl (C=O) groups excluding carboxylic acids is 2. The number of hydrogen-bond donors (Lipinski definition) is 1. The molecule has 1 saturated carbocycles. The molecule has 1 N–H and O–H groups in total. The van der Waals surface area contributed by atoms with Gasteiger partial charge in [-0.05, 0) is 55.9 Å². The van der Waals surface area contributed by atoms with Crippen molar-refractivity contribution in [2.75, 3.05) is 19.8 Å². The fourth-order valence-electron chi connectivity index (χ4n) is 4.60. The molecule has 33 heavy (non-hydrogen) atoms. The molecule has 0 bridgehead atoms. The number of rotatable bonds is 9. The molecule has 1 aliphatic carbocycles. The molecule has 1 fully saturated rings. The topological polar surface area (TPSA) is 67.9 Å². The van der Waals surface area contributed by atoms with Gasteiger partial charge in [-0.2, -0.15) is 0 Å². The number of amides is 2. The van der Waals surface area contributed by atoms with E-state index in [0.29, 0.717) is 32.6 Å². The van der Waals surface area contributed by atoms with Crippen LogP contribution in [0.25, 0.3) is 0 Å². The van der Waals surface area contributed by atoms with E-state index in [9.17, 15) is 9.59 Å². The van der Waals surface area contributed by atoms with Crippen LogP contribution < -0.4 is 14.8 Å². The van der Waals surface area contributed by atoms with Gasteiger partial charge in [0.05, 0.1) is 0 Å². The number of hydrogen-bond acceptors (Lipinski definition) is 4. The summed E-state index contributed by atoms with van der Waals surface area (Å²) in [6.07, 6.45) is 6.03. The number of fused-ring (bicyclic) bond motifs is 1. The second-order valence-electron chi connectivity index (χ2n) is 8.97. The number of aryl methyl sites for hydroxylation is 1. The van der Waals surface area contributed by atoms with Gasteiger partial charge in [0.25, 0.3) is 0 Å². The summed E-state index contributed by atoms with van der Waals surface area (Å²) >= 11 is 0. The van der Waals surface area contributed by atoms with E-state index in [1.54, 1.807) is 4.90 Å². The number of carbonyl (C=O) groups is 2. The predicted molar refractivity (Wildman–Crippen MR) is 127 cm³/mol. The molecule has 1 unspecified atom stereocenters. The number of nitrogens with zero attached hydrogens (tertiary/aromatic N) is 1. The summed E-state index contributed by atoms with van der Waals surface area (Å²) in [5.41, 5.74) is 2.18. The first kappa shape index (κ1) is 23.1. The molecule has 176 valence electrons. The average molecular weight is 451 g/mol. The molecule has 4 rings (SSSR count). The van der Waals surface area contributed by atoms with Crippen LogP contribution in [0, 0.1) is 0 Å². The lowest BCUT2D eigenvalue weighted by atomic mass is 10.1. The third-order valence-electron chi connectivity index (χ3n) is 6.59. The van der Waals surface area contributed by atoms with Gasteiger partial charge < -0.3 is 19.7 Å². The van der Waals surface area contributed by atoms with Gasteiger partial charge >= 0.3 is 0 Å². The molecule has 1 heterocycles. The maximum absolute atomic E-state index is 13.3. The van der Waals surface area contributed by atoms with E-state index < -0.39 is 6.04 Å². The van der Waals surface area contributed by atoms with Crippen molar-refractivity contribution < 1.29 is 19.1 Å². The summed E-state index contributed by atoms with van der Waals surface area (Å²) in [5, 5.41) is 3.16. The fraction of sp³-hybridized carbons (Fsp3) is 0.481. The third kappa shape index (κ3) is 6.28. The molecule has 2 amide bonds. The fourth-order valence-corrected chi connectivity index (χ4v) is 4.60. The summed E-state index contributed by atoms with van der Waals surface area (Å²) < 4.78 is 11.2. The molecule has 0 aromatic heterocycles. The molecule has 2 aromatic carbocycles. The van der Waals surface area contributed by atoms with Crippen molar-refractivity contribution >= 4 is 11.8 Å². The van der Waals surface area contributed by atoms with Gasteiger partial charge in [-0.1, -0.05) is 49.2 Å². The van der Waals surface area contributed by atoms with Crippen LogP contribution in [-0.4, -0.2) is 48.6 Å². The average Bonchev–Trinajstić information content (AvgIpc) is 3.36. The summed E-state index contributed by atoms with van der Waals surface area (Å²) in [6.45, 7) is 3.46. The molecule has 1 aliphatic heterocycles. The molecule has 0 radical (unpaired) electrons. The van der Waals surface area contributed by atoms with E-state index in [2.05, 4.69) is 17.4 Å². The Morgan fingerprint density at radius 1 is 0.970 bits per heavy atom. The number of benzene rings is 2. The van der Waals surface area contributed by atoms with Gasteiger partial charge in [-0.25, -0.2) is 0 Å². The van der Waals surface area contributed by atoms with Crippen LogP contribution in [0.3, 0.4) is 0 Å². The molecular weight excluding hydrogens is 416 g/mol.